The van der Waals surface area contributed by atoms with Crippen LogP contribution in [-0.4, -0.2) is 29.3 Å². The maximum Gasteiger partial charge on any atom is 0.0741 e. The summed E-state index contributed by atoms with van der Waals surface area (Å²) in [5.41, 5.74) is 5.27. The van der Waals surface area contributed by atoms with Gasteiger partial charge >= 0.3 is 0 Å². The maximum atomic E-state index is 9.82. The summed E-state index contributed by atoms with van der Waals surface area (Å²) in [7, 11) is 0. The average Bonchev–Trinajstić information content (AvgIpc) is 2.17. The lowest BCUT2D eigenvalue weighted by molar-refractivity contribution is 0.0511. The number of rotatable bonds is 4. The first-order chi connectivity index (χ1) is 6.53. The highest BCUT2D eigenvalue weighted by Crippen LogP contribution is 2.17. The minimum absolute atomic E-state index is 0.403. The zero-order chi connectivity index (χ0) is 10.6. The van der Waals surface area contributed by atoms with Crippen molar-refractivity contribution in [2.45, 2.75) is 63.6 Å². The number of nitrogens with two attached hydrogens (primary N) is 1. The zero-order valence-electron chi connectivity index (χ0n) is 9.42. The van der Waals surface area contributed by atoms with Crippen molar-refractivity contribution >= 4 is 0 Å². The van der Waals surface area contributed by atoms with E-state index in [1.165, 1.54) is 0 Å². The van der Waals surface area contributed by atoms with Crippen molar-refractivity contribution in [3.05, 3.63) is 0 Å². The molecule has 0 aliphatic heterocycles. The molecule has 84 valence electrons. The lowest BCUT2D eigenvalue weighted by Gasteiger charge is -2.30. The normalized spacial score (nSPS) is 32.6. The number of hydrogen-bond donors (Lipinski definition) is 3. The fraction of sp³-hybridized carbons (Fsp3) is 1.00. The second-order valence-electron chi connectivity index (χ2n) is 4.84. The fourth-order valence-electron chi connectivity index (χ4n) is 1.81. The summed E-state index contributed by atoms with van der Waals surface area (Å²) in [6.45, 7) is 4.59. The summed E-state index contributed by atoms with van der Waals surface area (Å²) in [5.74, 6) is 0. The van der Waals surface area contributed by atoms with Crippen LogP contribution in [0.3, 0.4) is 0 Å². The molecule has 1 rings (SSSR count). The van der Waals surface area contributed by atoms with Gasteiger partial charge in [0.1, 0.15) is 0 Å². The molecule has 1 saturated carbocycles. The summed E-state index contributed by atoms with van der Waals surface area (Å²) < 4.78 is 0. The molecule has 0 saturated heterocycles. The van der Waals surface area contributed by atoms with E-state index in [2.05, 4.69) is 5.32 Å². The highest BCUT2D eigenvalue weighted by molar-refractivity contribution is 4.82. The van der Waals surface area contributed by atoms with E-state index < -0.39 is 5.60 Å². The van der Waals surface area contributed by atoms with Crippen molar-refractivity contribution in [1.82, 2.24) is 5.32 Å². The van der Waals surface area contributed by atoms with Crippen molar-refractivity contribution in [2.75, 3.05) is 6.54 Å². The van der Waals surface area contributed by atoms with Crippen LogP contribution in [0.4, 0.5) is 0 Å². The average molecular weight is 200 g/mol. The van der Waals surface area contributed by atoms with Gasteiger partial charge in [0.25, 0.3) is 0 Å². The Kier molecular flexibility index (Phi) is 4.35. The van der Waals surface area contributed by atoms with E-state index in [-0.39, 0.29) is 0 Å². The van der Waals surface area contributed by atoms with E-state index in [0.717, 1.165) is 32.1 Å². The molecule has 0 radical (unpaired) electrons. The predicted octanol–water partition coefficient (Wildman–Crippen LogP) is 1.01. The van der Waals surface area contributed by atoms with Crippen molar-refractivity contribution < 1.29 is 5.11 Å². The maximum absolute atomic E-state index is 9.82. The first-order valence-electron chi connectivity index (χ1n) is 5.75. The summed E-state index contributed by atoms with van der Waals surface area (Å²) in [4.78, 5) is 0. The molecule has 4 N–H and O–H groups in total. The molecule has 0 spiro atoms. The summed E-state index contributed by atoms with van der Waals surface area (Å²) in [6, 6.07) is 0.965. The topological polar surface area (TPSA) is 58.3 Å². The Hall–Kier alpha value is -0.120. The molecule has 1 aliphatic carbocycles. The van der Waals surface area contributed by atoms with E-state index in [1.54, 1.807) is 0 Å². The zero-order valence-corrected chi connectivity index (χ0v) is 9.42. The van der Waals surface area contributed by atoms with Gasteiger partial charge in [0.15, 0.2) is 0 Å². The van der Waals surface area contributed by atoms with E-state index in [1.807, 2.05) is 13.8 Å². The number of hydrogen-bond acceptors (Lipinski definition) is 3. The van der Waals surface area contributed by atoms with E-state index in [4.69, 9.17) is 5.73 Å². The standard InChI is InChI=1S/C11H24N2O/c1-3-11(2,14)8-13-10-6-4-9(12)5-7-10/h9-10,13-14H,3-8,12H2,1-2H3. The van der Waals surface area contributed by atoms with Crippen LogP contribution in [0.5, 0.6) is 0 Å². The van der Waals surface area contributed by atoms with Gasteiger partial charge in [-0.05, 0) is 39.0 Å². The van der Waals surface area contributed by atoms with Crippen LogP contribution in [0.2, 0.25) is 0 Å². The molecule has 0 aromatic rings. The summed E-state index contributed by atoms with van der Waals surface area (Å²) in [5, 5.41) is 13.2. The Morgan fingerprint density at radius 2 is 1.93 bits per heavy atom. The van der Waals surface area contributed by atoms with Gasteiger partial charge in [-0.25, -0.2) is 0 Å². The molecule has 3 nitrogen and oxygen atoms in total. The van der Waals surface area contributed by atoms with Gasteiger partial charge in [0.2, 0.25) is 0 Å². The lowest BCUT2D eigenvalue weighted by atomic mass is 9.91. The van der Waals surface area contributed by atoms with Crippen LogP contribution in [0.1, 0.15) is 46.0 Å². The van der Waals surface area contributed by atoms with E-state index >= 15 is 0 Å². The molecule has 14 heavy (non-hydrogen) atoms. The van der Waals surface area contributed by atoms with Gasteiger partial charge in [0, 0.05) is 18.6 Å². The van der Waals surface area contributed by atoms with Gasteiger partial charge < -0.3 is 16.2 Å². The Balaban J connectivity index is 2.19. The molecule has 3 heteroatoms. The molecule has 0 bridgehead atoms. The molecule has 0 heterocycles. The first-order valence-corrected chi connectivity index (χ1v) is 5.75. The van der Waals surface area contributed by atoms with Crippen molar-refractivity contribution in [3.63, 3.8) is 0 Å². The summed E-state index contributed by atoms with van der Waals surface area (Å²) >= 11 is 0. The van der Waals surface area contributed by atoms with Gasteiger partial charge in [-0.15, -0.1) is 0 Å². The van der Waals surface area contributed by atoms with Crippen LogP contribution in [0, 0.1) is 0 Å². The Labute approximate surface area is 87.1 Å². The molecule has 1 atom stereocenters. The monoisotopic (exact) mass is 200 g/mol. The van der Waals surface area contributed by atoms with Crippen LogP contribution >= 0.6 is 0 Å². The third-order valence-electron chi connectivity index (χ3n) is 3.31. The predicted molar refractivity (Wildman–Crippen MR) is 59.1 cm³/mol. The van der Waals surface area contributed by atoms with Crippen molar-refractivity contribution in [3.8, 4) is 0 Å². The fourth-order valence-corrected chi connectivity index (χ4v) is 1.81. The molecule has 0 aromatic heterocycles. The molecule has 1 aliphatic rings. The third-order valence-corrected chi connectivity index (χ3v) is 3.31. The van der Waals surface area contributed by atoms with Crippen LogP contribution in [0.25, 0.3) is 0 Å². The van der Waals surface area contributed by atoms with Crippen LogP contribution < -0.4 is 11.1 Å². The molecular formula is C11H24N2O. The van der Waals surface area contributed by atoms with Crippen molar-refractivity contribution in [1.29, 1.82) is 0 Å². The largest absolute Gasteiger partial charge is 0.389 e. The Bertz CT molecular complexity index is 163. The van der Waals surface area contributed by atoms with Crippen LogP contribution in [0.15, 0.2) is 0 Å². The van der Waals surface area contributed by atoms with Gasteiger partial charge in [-0.2, -0.15) is 0 Å². The highest BCUT2D eigenvalue weighted by Gasteiger charge is 2.22. The third kappa shape index (κ3) is 3.95. The Morgan fingerprint density at radius 3 is 2.43 bits per heavy atom. The van der Waals surface area contributed by atoms with E-state index in [0.29, 0.717) is 18.6 Å². The molecule has 0 aromatic carbocycles. The minimum atomic E-state index is -0.556. The second-order valence-corrected chi connectivity index (χ2v) is 4.84. The summed E-state index contributed by atoms with van der Waals surface area (Å²) in [6.07, 6.45) is 5.34. The van der Waals surface area contributed by atoms with Crippen molar-refractivity contribution in [2.24, 2.45) is 5.73 Å². The molecular weight excluding hydrogens is 176 g/mol. The van der Waals surface area contributed by atoms with Crippen LogP contribution in [-0.2, 0) is 0 Å². The highest BCUT2D eigenvalue weighted by atomic mass is 16.3. The molecule has 1 fully saturated rings. The smallest absolute Gasteiger partial charge is 0.0741 e. The Morgan fingerprint density at radius 1 is 1.36 bits per heavy atom. The van der Waals surface area contributed by atoms with E-state index in [9.17, 15) is 5.11 Å². The minimum Gasteiger partial charge on any atom is -0.389 e. The SMILES string of the molecule is CCC(C)(O)CNC1CCC(N)CC1. The number of nitrogens with one attached hydrogen (secondary N) is 1. The molecule has 0 amide bonds. The quantitative estimate of drug-likeness (QED) is 0.634. The van der Waals surface area contributed by atoms with Gasteiger partial charge in [-0.1, -0.05) is 6.92 Å². The van der Waals surface area contributed by atoms with Gasteiger partial charge in [-0.3, -0.25) is 0 Å². The van der Waals surface area contributed by atoms with Gasteiger partial charge in [0.05, 0.1) is 5.60 Å². The molecule has 1 unspecified atom stereocenters. The number of aliphatic hydroxyl groups is 1. The second kappa shape index (κ2) is 5.10. The first kappa shape index (κ1) is 12.0. The lowest BCUT2D eigenvalue weighted by Crippen LogP contribution is -2.44.